The smallest absolute Gasteiger partial charge is 0.409 e. The summed E-state index contributed by atoms with van der Waals surface area (Å²) in [6.07, 6.45) is 2.94. The van der Waals surface area contributed by atoms with Crippen LogP contribution in [0.4, 0.5) is 10.5 Å². The number of carboxylic acids is 1. The Morgan fingerprint density at radius 3 is 2.26 bits per heavy atom. The van der Waals surface area contributed by atoms with Crippen LogP contribution in [0.5, 0.6) is 0 Å². The molecule has 1 fully saturated rings. The highest BCUT2D eigenvalue weighted by Gasteiger charge is 2.30. The van der Waals surface area contributed by atoms with Crippen LogP contribution < -0.4 is 10.5 Å². The summed E-state index contributed by atoms with van der Waals surface area (Å²) in [6.45, 7) is 6.46. The molecule has 1 amide bonds. The van der Waals surface area contributed by atoms with Crippen molar-refractivity contribution in [3.05, 3.63) is 94.5 Å². The second kappa shape index (κ2) is 12.9. The summed E-state index contributed by atoms with van der Waals surface area (Å²) in [5.41, 5.74) is 5.71. The molecule has 0 unspecified atom stereocenters. The third-order valence-electron chi connectivity index (χ3n) is 7.57. The van der Waals surface area contributed by atoms with E-state index < -0.39 is 12.5 Å². The molecule has 9 nitrogen and oxygen atoms in total. The highest BCUT2D eigenvalue weighted by atomic mass is 16.6. The largest absolute Gasteiger partial charge is 0.480 e. The van der Waals surface area contributed by atoms with Crippen molar-refractivity contribution in [1.29, 1.82) is 0 Å². The normalized spacial score (nSPS) is 14.4. The van der Waals surface area contributed by atoms with Crippen molar-refractivity contribution in [1.82, 2.24) is 14.5 Å². The number of carbonyl (C=O) groups excluding carboxylic acids is 1. The summed E-state index contributed by atoms with van der Waals surface area (Å²) in [7, 11) is 0. The van der Waals surface area contributed by atoms with Crippen molar-refractivity contribution in [3.63, 3.8) is 0 Å². The van der Waals surface area contributed by atoms with Gasteiger partial charge in [0.25, 0.3) is 5.56 Å². The van der Waals surface area contributed by atoms with Gasteiger partial charge in [0.05, 0.1) is 17.2 Å². The Bertz CT molecular complexity index is 1600. The number of hydrogen-bond acceptors (Lipinski definition) is 6. The minimum Gasteiger partial charge on any atom is -0.480 e. The van der Waals surface area contributed by atoms with Crippen molar-refractivity contribution >= 4 is 28.7 Å². The molecule has 42 heavy (non-hydrogen) atoms. The Morgan fingerprint density at radius 1 is 0.929 bits per heavy atom. The predicted octanol–water partition coefficient (Wildman–Crippen LogP) is 5.36. The molecule has 1 aromatic heterocycles. The fraction of sp³-hybridized carbons (Fsp3) is 0.333. The number of hydrogen-bond donors (Lipinski definition) is 1. The average molecular weight is 569 g/mol. The van der Waals surface area contributed by atoms with Crippen LogP contribution >= 0.6 is 0 Å². The molecule has 0 spiro atoms. The number of amides is 1. The monoisotopic (exact) mass is 568 g/mol. The summed E-state index contributed by atoms with van der Waals surface area (Å²) >= 11 is 0. The maximum atomic E-state index is 13.1. The third kappa shape index (κ3) is 6.00. The van der Waals surface area contributed by atoms with Crippen molar-refractivity contribution in [3.8, 4) is 11.1 Å². The van der Waals surface area contributed by atoms with E-state index in [4.69, 9.17) is 9.84 Å². The molecule has 0 atom stereocenters. The molecule has 4 aromatic rings. The number of anilines is 1. The molecule has 0 radical (unpaired) electrons. The van der Waals surface area contributed by atoms with Gasteiger partial charge in [0.2, 0.25) is 0 Å². The number of carbonyl (C=O) groups is 2. The van der Waals surface area contributed by atoms with Gasteiger partial charge in [0.15, 0.2) is 0 Å². The zero-order valence-electron chi connectivity index (χ0n) is 24.0. The molecule has 0 bridgehead atoms. The Kier molecular flexibility index (Phi) is 8.85. The van der Waals surface area contributed by atoms with Crippen LogP contribution in [0.3, 0.4) is 0 Å². The first-order chi connectivity index (χ1) is 20.4. The number of benzene rings is 3. The van der Waals surface area contributed by atoms with E-state index in [1.54, 1.807) is 17.0 Å². The van der Waals surface area contributed by atoms with E-state index in [0.29, 0.717) is 37.1 Å². The van der Waals surface area contributed by atoms with Gasteiger partial charge in [-0.15, -0.1) is 0 Å². The minimum atomic E-state index is -1.10. The van der Waals surface area contributed by atoms with Gasteiger partial charge in [0, 0.05) is 37.8 Å². The van der Waals surface area contributed by atoms with Gasteiger partial charge in [0.1, 0.15) is 13.2 Å². The van der Waals surface area contributed by atoms with E-state index in [0.717, 1.165) is 16.7 Å². The Labute approximate surface area is 245 Å². The van der Waals surface area contributed by atoms with Gasteiger partial charge in [-0.05, 0) is 46.9 Å². The fourth-order valence-corrected chi connectivity index (χ4v) is 5.65. The van der Waals surface area contributed by atoms with Crippen molar-refractivity contribution in [2.24, 2.45) is 0 Å². The van der Waals surface area contributed by atoms with Gasteiger partial charge in [-0.25, -0.2) is 9.78 Å². The van der Waals surface area contributed by atoms with Crippen LogP contribution in [0.25, 0.3) is 22.0 Å². The highest BCUT2D eigenvalue weighted by Crippen LogP contribution is 2.44. The van der Waals surface area contributed by atoms with Crippen LogP contribution in [0, 0.1) is 0 Å². The number of ether oxygens (including phenoxy) is 1. The lowest BCUT2D eigenvalue weighted by molar-refractivity contribution is -0.137. The Hall–Kier alpha value is -4.66. The van der Waals surface area contributed by atoms with Gasteiger partial charge in [-0.1, -0.05) is 68.8 Å². The lowest BCUT2D eigenvalue weighted by atomic mass is 9.98. The van der Waals surface area contributed by atoms with Gasteiger partial charge in [-0.3, -0.25) is 14.2 Å². The lowest BCUT2D eigenvalue weighted by Crippen LogP contribution is -2.36. The molecule has 2 heterocycles. The number of nitrogens with zero attached hydrogens (tertiary/aromatic N) is 4. The maximum absolute atomic E-state index is 13.1. The molecular weight excluding hydrogens is 532 g/mol. The van der Waals surface area contributed by atoms with Crippen LogP contribution in [0.1, 0.15) is 43.7 Å². The molecule has 1 aliphatic carbocycles. The maximum Gasteiger partial charge on any atom is 0.409 e. The van der Waals surface area contributed by atoms with Crippen molar-refractivity contribution in [2.75, 3.05) is 37.7 Å². The van der Waals surface area contributed by atoms with E-state index in [9.17, 15) is 14.4 Å². The molecule has 9 heteroatoms. The van der Waals surface area contributed by atoms with Crippen LogP contribution in [-0.2, 0) is 16.1 Å². The summed E-state index contributed by atoms with van der Waals surface area (Å²) in [4.78, 5) is 45.1. The molecule has 1 saturated heterocycles. The predicted molar refractivity (Wildman–Crippen MR) is 163 cm³/mol. The number of fused-ring (bicyclic) bond motifs is 4. The first-order valence-corrected chi connectivity index (χ1v) is 14.5. The van der Waals surface area contributed by atoms with Crippen molar-refractivity contribution in [2.45, 2.75) is 39.2 Å². The number of aromatic nitrogens is 2. The Morgan fingerprint density at radius 2 is 1.60 bits per heavy atom. The van der Waals surface area contributed by atoms with Crippen molar-refractivity contribution < 1.29 is 19.4 Å². The first-order valence-electron chi connectivity index (χ1n) is 14.5. The van der Waals surface area contributed by atoms with E-state index in [1.165, 1.54) is 35.0 Å². The third-order valence-corrected chi connectivity index (χ3v) is 7.57. The zero-order chi connectivity index (χ0) is 29.6. The van der Waals surface area contributed by atoms with E-state index in [2.05, 4.69) is 48.0 Å². The average Bonchev–Trinajstić information content (AvgIpc) is 3.12. The zero-order valence-corrected chi connectivity index (χ0v) is 24.0. The number of carboxylic acid groups (broad SMARTS) is 1. The van der Waals surface area contributed by atoms with Crippen LogP contribution in [0.15, 0.2) is 77.9 Å². The molecule has 1 N–H and O–H groups in total. The van der Waals surface area contributed by atoms with Gasteiger partial charge in [-0.2, -0.15) is 0 Å². The lowest BCUT2D eigenvalue weighted by Gasteiger charge is -2.24. The minimum absolute atomic E-state index is 0.0150. The highest BCUT2D eigenvalue weighted by molar-refractivity contribution is 5.82. The second-order valence-electron chi connectivity index (χ2n) is 10.6. The molecule has 1 aliphatic heterocycles. The molecule has 6 rings (SSSR count). The molecule has 3 aromatic carbocycles. The SMILES string of the molecule is CCC.O=C(O)Cn1cnc2ccc(N3CCCN(C(=O)OCC4c5ccccc5-c5ccccc54)CC3)cc2c1=O. The first kappa shape index (κ1) is 28.9. The standard InChI is InChI=1S/C30H28N4O5.C3H8/c35-28(36)17-34-19-31-27-11-10-20(16-25(27)29(34)37)32-12-5-13-33(15-14-32)30(38)39-18-26-23-8-3-1-6-21(23)22-7-2-4-9-24(22)26;1-3-2/h1-4,6-11,16,19,26H,5,12-15,17-18H2,(H,35,36);3H2,1-2H3. The van der Waals surface area contributed by atoms with E-state index in [-0.39, 0.29) is 24.2 Å². The Balaban J connectivity index is 0.00000113. The summed E-state index contributed by atoms with van der Waals surface area (Å²) in [5.74, 6) is -1.09. The molecule has 0 saturated carbocycles. The van der Waals surface area contributed by atoms with Gasteiger partial charge < -0.3 is 19.6 Å². The summed E-state index contributed by atoms with van der Waals surface area (Å²) in [6, 6.07) is 22.0. The number of aliphatic carboxylic acids is 1. The van der Waals surface area contributed by atoms with E-state index in [1.807, 2.05) is 30.3 Å². The fourth-order valence-electron chi connectivity index (χ4n) is 5.65. The second-order valence-corrected chi connectivity index (χ2v) is 10.6. The van der Waals surface area contributed by atoms with Crippen LogP contribution in [0.2, 0.25) is 0 Å². The van der Waals surface area contributed by atoms with Crippen LogP contribution in [-0.4, -0.2) is 64.4 Å². The summed E-state index contributed by atoms with van der Waals surface area (Å²) in [5, 5.41) is 9.44. The van der Waals surface area contributed by atoms with E-state index >= 15 is 0 Å². The topological polar surface area (TPSA) is 105 Å². The molecular formula is C33H36N4O5. The summed E-state index contributed by atoms with van der Waals surface area (Å²) < 4.78 is 6.96. The number of rotatable bonds is 5. The van der Waals surface area contributed by atoms with Gasteiger partial charge >= 0.3 is 12.1 Å². The quantitative estimate of drug-likeness (QED) is 0.346. The molecule has 2 aliphatic rings. The molecule has 218 valence electrons.